The Bertz CT molecular complexity index is 3650. The molecule has 0 N–H and O–H groups in total. The van der Waals surface area contributed by atoms with Gasteiger partial charge >= 0.3 is 0 Å². The van der Waals surface area contributed by atoms with Crippen molar-refractivity contribution in [2.45, 2.75) is 26.3 Å². The number of fused-ring (bicyclic) bond motifs is 11. The van der Waals surface area contributed by atoms with Crippen molar-refractivity contribution in [3.8, 4) is 45.0 Å². The lowest BCUT2D eigenvalue weighted by atomic mass is 9.96. The van der Waals surface area contributed by atoms with E-state index in [1.807, 2.05) is 11.3 Å². The molecule has 4 aromatic heterocycles. The average Bonchev–Trinajstić information content (AvgIpc) is 3.95. The molecule has 0 aliphatic carbocycles. The van der Waals surface area contributed by atoms with Crippen LogP contribution in [0.1, 0.15) is 20.8 Å². The highest BCUT2D eigenvalue weighted by Gasteiger charge is 2.24. The minimum absolute atomic E-state index is 0.129. The van der Waals surface area contributed by atoms with Crippen molar-refractivity contribution >= 4 is 86.0 Å². The van der Waals surface area contributed by atoms with Crippen LogP contribution in [0.2, 0.25) is 0 Å². The van der Waals surface area contributed by atoms with E-state index in [1.165, 1.54) is 63.9 Å². The van der Waals surface area contributed by atoms with E-state index in [1.54, 1.807) is 0 Å². The summed E-state index contributed by atoms with van der Waals surface area (Å²) in [7, 11) is 0. The molecule has 0 amide bonds. The van der Waals surface area contributed by atoms with E-state index in [-0.39, 0.29) is 5.54 Å². The molecule has 280 valence electrons. The molecule has 8 aromatic carbocycles. The van der Waals surface area contributed by atoms with E-state index < -0.39 is 0 Å². The van der Waals surface area contributed by atoms with Gasteiger partial charge in [0.2, 0.25) is 0 Å². The summed E-state index contributed by atoms with van der Waals surface area (Å²) in [5, 5.41) is 9.58. The molecular weight excluding hydrogens is 739 g/mol. The van der Waals surface area contributed by atoms with Gasteiger partial charge in [-0.25, -0.2) is 9.97 Å². The predicted molar refractivity (Wildman–Crippen MR) is 249 cm³/mol. The highest BCUT2D eigenvalue weighted by molar-refractivity contribution is 7.26. The van der Waals surface area contributed by atoms with Gasteiger partial charge in [-0.05, 0) is 97.3 Å². The molecule has 0 bridgehead atoms. The maximum absolute atomic E-state index is 6.51. The molecular formula is C54H37N3OS. The molecule has 4 heterocycles. The zero-order valence-corrected chi connectivity index (χ0v) is 33.6. The van der Waals surface area contributed by atoms with Crippen molar-refractivity contribution in [3.63, 3.8) is 0 Å². The van der Waals surface area contributed by atoms with Crippen LogP contribution >= 0.6 is 11.3 Å². The minimum Gasteiger partial charge on any atom is -0.456 e. The van der Waals surface area contributed by atoms with Crippen molar-refractivity contribution in [2.24, 2.45) is 0 Å². The van der Waals surface area contributed by atoms with E-state index in [0.717, 1.165) is 50.0 Å². The third kappa shape index (κ3) is 5.28. The van der Waals surface area contributed by atoms with Gasteiger partial charge < -0.3 is 8.98 Å². The van der Waals surface area contributed by atoms with Crippen molar-refractivity contribution in [2.75, 3.05) is 0 Å². The summed E-state index contributed by atoms with van der Waals surface area (Å²) in [4.78, 5) is 10.8. The van der Waals surface area contributed by atoms with Crippen LogP contribution < -0.4 is 0 Å². The second-order valence-corrected chi connectivity index (χ2v) is 17.6. The highest BCUT2D eigenvalue weighted by Crippen LogP contribution is 2.44. The largest absolute Gasteiger partial charge is 0.456 e. The number of rotatable bonds is 4. The molecule has 0 saturated heterocycles. The van der Waals surface area contributed by atoms with E-state index in [0.29, 0.717) is 5.82 Å². The zero-order chi connectivity index (χ0) is 39.4. The van der Waals surface area contributed by atoms with Gasteiger partial charge in [0.25, 0.3) is 0 Å². The Morgan fingerprint density at radius 2 is 1.12 bits per heavy atom. The van der Waals surface area contributed by atoms with Gasteiger partial charge in [-0.2, -0.15) is 0 Å². The molecule has 4 nitrogen and oxygen atoms in total. The molecule has 0 unspecified atom stereocenters. The molecule has 0 atom stereocenters. The number of hydrogen-bond acceptors (Lipinski definition) is 4. The maximum atomic E-state index is 6.51. The van der Waals surface area contributed by atoms with Gasteiger partial charge in [0.1, 0.15) is 11.2 Å². The quantitative estimate of drug-likeness (QED) is 0.179. The first kappa shape index (κ1) is 34.0. The second kappa shape index (κ2) is 12.7. The van der Waals surface area contributed by atoms with Gasteiger partial charge in [0.05, 0.1) is 16.9 Å². The molecule has 0 radical (unpaired) electrons. The van der Waals surface area contributed by atoms with Crippen LogP contribution in [0.3, 0.4) is 0 Å². The summed E-state index contributed by atoms with van der Waals surface area (Å²) >= 11 is 1.82. The fraction of sp³-hybridized carbons (Fsp3) is 0.0741. The van der Waals surface area contributed by atoms with Crippen LogP contribution in [0.25, 0.3) is 120 Å². The Morgan fingerprint density at radius 3 is 1.98 bits per heavy atom. The number of aromatic nitrogens is 3. The van der Waals surface area contributed by atoms with Crippen LogP contribution in [-0.4, -0.2) is 14.5 Å². The monoisotopic (exact) mass is 775 g/mol. The van der Waals surface area contributed by atoms with Gasteiger partial charge in [0.15, 0.2) is 5.82 Å². The highest BCUT2D eigenvalue weighted by atomic mass is 32.1. The van der Waals surface area contributed by atoms with Gasteiger partial charge in [-0.15, -0.1) is 11.3 Å². The lowest BCUT2D eigenvalue weighted by Crippen LogP contribution is -2.21. The fourth-order valence-corrected chi connectivity index (χ4v) is 10.5. The summed E-state index contributed by atoms with van der Waals surface area (Å²) < 4.78 is 11.5. The molecule has 59 heavy (non-hydrogen) atoms. The summed E-state index contributed by atoms with van der Waals surface area (Å²) in [6.45, 7) is 6.82. The van der Waals surface area contributed by atoms with Gasteiger partial charge in [0, 0.05) is 69.5 Å². The Labute approximate surface area is 344 Å². The molecule has 0 aliphatic heterocycles. The van der Waals surface area contributed by atoms with Crippen LogP contribution in [0.15, 0.2) is 174 Å². The van der Waals surface area contributed by atoms with E-state index in [9.17, 15) is 0 Å². The third-order valence-corrected chi connectivity index (χ3v) is 13.0. The van der Waals surface area contributed by atoms with Crippen LogP contribution in [-0.2, 0) is 5.54 Å². The topological polar surface area (TPSA) is 43.9 Å². The Hall–Kier alpha value is -7.08. The molecule has 0 fully saturated rings. The predicted octanol–water partition coefficient (Wildman–Crippen LogP) is 15.4. The van der Waals surface area contributed by atoms with E-state index in [2.05, 4.69) is 195 Å². The van der Waals surface area contributed by atoms with Crippen molar-refractivity contribution in [3.05, 3.63) is 170 Å². The fourth-order valence-electron chi connectivity index (χ4n) is 9.34. The normalized spacial score (nSPS) is 12.3. The standard InChI is InChI=1S/C54H37N3OS/c1-54(2,3)57-44-19-8-6-15-39(44)50-38(18-11-20-45(50)57)43-31-42(34-24-22-33(23-25-34)37-17-10-13-32-12-4-5-14-36(32)37)55-53(56-43)35-26-27-46-41(30-35)51-47(58-46)28-29-49-52(51)40-16-7-9-21-48(40)59-49/h4-31H,1-3H3. The molecule has 0 saturated carbocycles. The lowest BCUT2D eigenvalue weighted by Gasteiger charge is -2.24. The van der Waals surface area contributed by atoms with Crippen LogP contribution in [0.5, 0.6) is 0 Å². The first-order chi connectivity index (χ1) is 28.9. The first-order valence-electron chi connectivity index (χ1n) is 20.1. The Morgan fingerprint density at radius 1 is 0.458 bits per heavy atom. The Balaban J connectivity index is 1.09. The molecule has 12 aromatic rings. The number of para-hydroxylation sites is 1. The summed E-state index contributed by atoms with van der Waals surface area (Å²) in [5.41, 5.74) is 11.2. The first-order valence-corrected chi connectivity index (χ1v) is 21.0. The summed E-state index contributed by atoms with van der Waals surface area (Å²) in [6.07, 6.45) is 0. The second-order valence-electron chi connectivity index (χ2n) is 16.5. The molecule has 0 spiro atoms. The van der Waals surface area contributed by atoms with Gasteiger partial charge in [-0.3, -0.25) is 0 Å². The number of furan rings is 1. The van der Waals surface area contributed by atoms with Crippen molar-refractivity contribution < 1.29 is 4.42 Å². The lowest BCUT2D eigenvalue weighted by molar-refractivity contribution is 0.423. The molecule has 12 rings (SSSR count). The average molecular weight is 776 g/mol. The minimum atomic E-state index is -0.129. The summed E-state index contributed by atoms with van der Waals surface area (Å²) in [5.74, 6) is 0.672. The summed E-state index contributed by atoms with van der Waals surface area (Å²) in [6, 6.07) is 60.8. The van der Waals surface area contributed by atoms with E-state index >= 15 is 0 Å². The number of benzene rings is 8. The van der Waals surface area contributed by atoms with Crippen LogP contribution in [0, 0.1) is 0 Å². The SMILES string of the molecule is CC(C)(C)n1c2ccccc2c2c(-c3cc(-c4ccc(-c5cccc6ccccc56)cc4)nc(-c4ccc5oc6ccc7sc8ccccc8c7c6c5c4)n3)cccc21. The number of hydrogen-bond donors (Lipinski definition) is 0. The smallest absolute Gasteiger partial charge is 0.160 e. The van der Waals surface area contributed by atoms with Crippen molar-refractivity contribution in [1.82, 2.24) is 14.5 Å². The molecule has 0 aliphatic rings. The van der Waals surface area contributed by atoms with E-state index in [4.69, 9.17) is 14.4 Å². The third-order valence-electron chi connectivity index (χ3n) is 11.9. The van der Waals surface area contributed by atoms with Crippen molar-refractivity contribution in [1.29, 1.82) is 0 Å². The number of thiophene rings is 1. The zero-order valence-electron chi connectivity index (χ0n) is 32.8. The Kier molecular flexibility index (Phi) is 7.33. The number of nitrogens with zero attached hydrogens (tertiary/aromatic N) is 3. The maximum Gasteiger partial charge on any atom is 0.160 e. The van der Waals surface area contributed by atoms with Crippen LogP contribution in [0.4, 0.5) is 0 Å². The molecule has 5 heteroatoms. The van der Waals surface area contributed by atoms with Gasteiger partial charge in [-0.1, -0.05) is 115 Å².